The van der Waals surface area contributed by atoms with Gasteiger partial charge in [-0.2, -0.15) is 0 Å². The fourth-order valence-corrected chi connectivity index (χ4v) is 4.05. The van der Waals surface area contributed by atoms with Crippen LogP contribution in [0.15, 0.2) is 12.4 Å². The third-order valence-electron chi connectivity index (χ3n) is 5.33. The van der Waals surface area contributed by atoms with Gasteiger partial charge in [-0.3, -0.25) is 4.79 Å². The Bertz CT molecular complexity index is 524. The highest BCUT2D eigenvalue weighted by atomic mass is 16.2. The number of aromatic nitrogens is 2. The number of amides is 1. The number of piperidine rings is 1. The Morgan fingerprint density at radius 1 is 1.23 bits per heavy atom. The van der Waals surface area contributed by atoms with E-state index in [1.54, 1.807) is 0 Å². The van der Waals surface area contributed by atoms with Gasteiger partial charge in [-0.15, -0.1) is 0 Å². The molecule has 122 valence electrons. The van der Waals surface area contributed by atoms with Gasteiger partial charge in [-0.05, 0) is 39.2 Å². The maximum Gasteiger partial charge on any atom is 0.230 e. The van der Waals surface area contributed by atoms with Gasteiger partial charge in [0.15, 0.2) is 0 Å². The molecule has 2 fully saturated rings. The first-order valence-corrected chi connectivity index (χ1v) is 8.64. The van der Waals surface area contributed by atoms with Gasteiger partial charge >= 0.3 is 0 Å². The van der Waals surface area contributed by atoms with Crippen LogP contribution in [0.1, 0.15) is 38.4 Å². The number of rotatable bonds is 5. The molecule has 22 heavy (non-hydrogen) atoms. The largest absolute Gasteiger partial charge is 0.342 e. The number of hydrogen-bond donors (Lipinski definition) is 0. The van der Waals surface area contributed by atoms with Crippen LogP contribution < -0.4 is 0 Å². The molecular weight excluding hydrogens is 276 g/mol. The molecule has 1 atom stereocenters. The molecule has 0 N–H and O–H groups in total. The minimum atomic E-state index is -0.0859. The molecule has 0 aliphatic carbocycles. The fourth-order valence-electron chi connectivity index (χ4n) is 4.05. The van der Waals surface area contributed by atoms with E-state index >= 15 is 0 Å². The molecule has 2 aliphatic rings. The van der Waals surface area contributed by atoms with E-state index in [9.17, 15) is 4.79 Å². The Hall–Kier alpha value is -1.36. The van der Waals surface area contributed by atoms with Crippen LogP contribution in [0.25, 0.3) is 0 Å². The summed E-state index contributed by atoms with van der Waals surface area (Å²) in [4.78, 5) is 21.7. The van der Waals surface area contributed by atoms with Gasteiger partial charge in [0.1, 0.15) is 5.82 Å². The lowest BCUT2D eigenvalue weighted by molar-refractivity contribution is -0.145. The summed E-state index contributed by atoms with van der Waals surface area (Å²) < 4.78 is 2.19. The second-order valence-electron chi connectivity index (χ2n) is 6.87. The fraction of sp³-hybridized carbons (Fsp3) is 0.765. The zero-order valence-electron chi connectivity index (χ0n) is 13.9. The van der Waals surface area contributed by atoms with E-state index < -0.39 is 0 Å². The van der Waals surface area contributed by atoms with Crippen molar-refractivity contribution in [3.8, 4) is 0 Å². The van der Waals surface area contributed by atoms with Crippen LogP contribution in [0, 0.1) is 12.3 Å². The summed E-state index contributed by atoms with van der Waals surface area (Å²) in [5.74, 6) is 1.48. The summed E-state index contributed by atoms with van der Waals surface area (Å²) in [5.41, 5.74) is -0.0859. The highest BCUT2D eigenvalue weighted by Crippen LogP contribution is 2.40. The van der Waals surface area contributed by atoms with Crippen LogP contribution in [-0.4, -0.2) is 58.0 Å². The third-order valence-corrected chi connectivity index (χ3v) is 5.33. The van der Waals surface area contributed by atoms with Crippen LogP contribution in [0.3, 0.4) is 0 Å². The number of hydrogen-bond acceptors (Lipinski definition) is 3. The number of imidazole rings is 1. The average molecular weight is 304 g/mol. The normalized spacial score (nSPS) is 26.3. The molecule has 2 aliphatic heterocycles. The van der Waals surface area contributed by atoms with Crippen LogP contribution in [0.4, 0.5) is 0 Å². The molecule has 5 heteroatoms. The zero-order chi connectivity index (χ0) is 15.6. The first-order valence-electron chi connectivity index (χ1n) is 8.64. The van der Waals surface area contributed by atoms with E-state index in [0.29, 0.717) is 5.91 Å². The van der Waals surface area contributed by atoms with Gasteiger partial charge < -0.3 is 14.4 Å². The maximum atomic E-state index is 12.9. The minimum Gasteiger partial charge on any atom is -0.342 e. The molecule has 0 radical (unpaired) electrons. The molecular formula is C17H28N4O. The first kappa shape index (κ1) is 15.5. The number of aryl methyl sites for hydroxylation is 1. The molecule has 1 spiro atoms. The summed E-state index contributed by atoms with van der Waals surface area (Å²) >= 11 is 0. The molecule has 0 saturated carbocycles. The standard InChI is InChI=1S/C17H28N4O/c1-3-8-21-9-4-5-17(16(21)22)6-10-19(14-17)12-13-20-11-7-18-15(20)2/h7,11H,3-6,8-10,12-14H2,1-2H3/t17-/m0/s1. The van der Waals surface area contributed by atoms with Crippen molar-refractivity contribution in [2.24, 2.45) is 5.41 Å². The number of nitrogens with zero attached hydrogens (tertiary/aromatic N) is 4. The summed E-state index contributed by atoms with van der Waals surface area (Å²) in [6.07, 6.45) is 8.23. The monoisotopic (exact) mass is 304 g/mol. The zero-order valence-corrected chi connectivity index (χ0v) is 13.9. The maximum absolute atomic E-state index is 12.9. The van der Waals surface area contributed by atoms with Crippen LogP contribution in [0.5, 0.6) is 0 Å². The SMILES string of the molecule is CCCN1CCC[C@@]2(CCN(CCn3ccnc3C)C2)C1=O. The molecule has 0 unspecified atom stereocenters. The van der Waals surface area contributed by atoms with Gasteiger partial charge in [0, 0.05) is 45.1 Å². The number of likely N-dealkylation sites (tertiary alicyclic amines) is 2. The molecule has 0 aromatic carbocycles. The van der Waals surface area contributed by atoms with Gasteiger partial charge in [0.25, 0.3) is 0 Å². The topological polar surface area (TPSA) is 41.4 Å². The molecule has 5 nitrogen and oxygen atoms in total. The molecule has 1 amide bonds. The lowest BCUT2D eigenvalue weighted by Gasteiger charge is -2.39. The quantitative estimate of drug-likeness (QED) is 0.834. The molecule has 3 heterocycles. The minimum absolute atomic E-state index is 0.0859. The molecule has 1 aromatic rings. The van der Waals surface area contributed by atoms with Gasteiger partial charge in [0.05, 0.1) is 5.41 Å². The molecule has 1 aromatic heterocycles. The van der Waals surface area contributed by atoms with E-state index in [-0.39, 0.29) is 5.41 Å². The van der Waals surface area contributed by atoms with Crippen molar-refractivity contribution < 1.29 is 4.79 Å². The summed E-state index contributed by atoms with van der Waals surface area (Å²) in [5, 5.41) is 0. The van der Waals surface area contributed by atoms with Crippen LogP contribution in [-0.2, 0) is 11.3 Å². The second-order valence-corrected chi connectivity index (χ2v) is 6.87. The number of carbonyl (C=O) groups excluding carboxylic acids is 1. The summed E-state index contributed by atoms with van der Waals surface area (Å²) in [6, 6.07) is 0. The Morgan fingerprint density at radius 3 is 2.82 bits per heavy atom. The Morgan fingerprint density at radius 2 is 2.09 bits per heavy atom. The van der Waals surface area contributed by atoms with E-state index in [4.69, 9.17) is 0 Å². The van der Waals surface area contributed by atoms with Crippen LogP contribution in [0.2, 0.25) is 0 Å². The average Bonchev–Trinajstić information content (AvgIpc) is 3.10. The Kier molecular flexibility index (Phi) is 4.52. The second kappa shape index (κ2) is 6.41. The van der Waals surface area contributed by atoms with E-state index in [0.717, 1.165) is 64.4 Å². The predicted octanol–water partition coefficient (Wildman–Crippen LogP) is 1.92. The summed E-state index contributed by atoms with van der Waals surface area (Å²) in [7, 11) is 0. The van der Waals surface area contributed by atoms with Crippen LogP contribution >= 0.6 is 0 Å². The lowest BCUT2D eigenvalue weighted by atomic mass is 9.78. The lowest BCUT2D eigenvalue weighted by Crippen LogP contribution is -2.50. The van der Waals surface area contributed by atoms with Crippen molar-refractivity contribution in [2.45, 2.75) is 46.1 Å². The van der Waals surface area contributed by atoms with Crippen molar-refractivity contribution in [1.29, 1.82) is 0 Å². The Balaban J connectivity index is 1.58. The van der Waals surface area contributed by atoms with Gasteiger partial charge in [0.2, 0.25) is 5.91 Å². The third kappa shape index (κ3) is 2.91. The van der Waals surface area contributed by atoms with Gasteiger partial charge in [-0.1, -0.05) is 6.92 Å². The van der Waals surface area contributed by atoms with Crippen molar-refractivity contribution >= 4 is 5.91 Å². The highest BCUT2D eigenvalue weighted by molar-refractivity contribution is 5.84. The van der Waals surface area contributed by atoms with Gasteiger partial charge in [-0.25, -0.2) is 4.98 Å². The molecule has 0 bridgehead atoms. The van der Waals surface area contributed by atoms with E-state index in [1.165, 1.54) is 6.42 Å². The molecule has 2 saturated heterocycles. The Labute approximate surface area is 133 Å². The van der Waals surface area contributed by atoms with Crippen molar-refractivity contribution in [3.05, 3.63) is 18.2 Å². The highest BCUT2D eigenvalue weighted by Gasteiger charge is 2.47. The predicted molar refractivity (Wildman–Crippen MR) is 86.6 cm³/mol. The number of carbonyl (C=O) groups is 1. The van der Waals surface area contributed by atoms with Crippen molar-refractivity contribution in [2.75, 3.05) is 32.7 Å². The van der Waals surface area contributed by atoms with Crippen molar-refractivity contribution in [3.63, 3.8) is 0 Å². The first-order chi connectivity index (χ1) is 10.6. The van der Waals surface area contributed by atoms with E-state index in [2.05, 4.69) is 26.3 Å². The van der Waals surface area contributed by atoms with Crippen molar-refractivity contribution in [1.82, 2.24) is 19.4 Å². The smallest absolute Gasteiger partial charge is 0.230 e. The molecule has 3 rings (SSSR count). The van der Waals surface area contributed by atoms with E-state index in [1.807, 2.05) is 19.3 Å². The summed E-state index contributed by atoms with van der Waals surface area (Å²) in [6.45, 7) is 10.1.